The third-order valence-corrected chi connectivity index (χ3v) is 4.98. The van der Waals surface area contributed by atoms with E-state index in [4.69, 9.17) is 21.3 Å². The molecule has 0 N–H and O–H groups in total. The van der Waals surface area contributed by atoms with Crippen molar-refractivity contribution in [2.75, 3.05) is 34.6 Å². The second kappa shape index (κ2) is 13.8. The molecule has 0 saturated heterocycles. The van der Waals surface area contributed by atoms with Gasteiger partial charge in [-0.25, -0.2) is 0 Å². The Morgan fingerprint density at radius 2 is 2.06 bits per heavy atom. The van der Waals surface area contributed by atoms with Crippen molar-refractivity contribution >= 4 is 42.9 Å². The molecule has 0 radical (unpaired) electrons. The van der Waals surface area contributed by atoms with E-state index in [1.165, 1.54) is 0 Å². The van der Waals surface area contributed by atoms with Crippen LogP contribution in [-0.2, 0) is 4.74 Å². The van der Waals surface area contributed by atoms with Crippen molar-refractivity contribution in [3.63, 3.8) is 0 Å². The Balaban J connectivity index is 3.64. The first kappa shape index (κ1) is 28.3. The Bertz CT molecular complexity index is 914. The molecule has 0 amide bonds. The van der Waals surface area contributed by atoms with Gasteiger partial charge in [-0.3, -0.25) is 0 Å². The average Bonchev–Trinajstić information content (AvgIpc) is 2.88. The summed E-state index contributed by atoms with van der Waals surface area (Å²) in [5.41, 5.74) is 3.53. The van der Waals surface area contributed by atoms with Gasteiger partial charge in [-0.05, 0) is 0 Å². The van der Waals surface area contributed by atoms with E-state index >= 15 is 0 Å². The Morgan fingerprint density at radius 3 is 2.55 bits per heavy atom. The predicted molar refractivity (Wildman–Crippen MR) is 146 cm³/mol. The number of rotatable bonds is 11. The summed E-state index contributed by atoms with van der Waals surface area (Å²) in [5, 5.41) is 0.561. The van der Waals surface area contributed by atoms with Gasteiger partial charge in [0.15, 0.2) is 0 Å². The van der Waals surface area contributed by atoms with Crippen LogP contribution in [0.5, 0.6) is 0 Å². The molecule has 0 aliphatic carbocycles. The van der Waals surface area contributed by atoms with Crippen molar-refractivity contribution in [3.05, 3.63) is 59.7 Å². The number of aliphatic imine (C=N–C) groups is 3. The van der Waals surface area contributed by atoms with Crippen LogP contribution in [0.2, 0.25) is 0 Å². The third-order valence-electron chi connectivity index (χ3n) is 4.77. The van der Waals surface area contributed by atoms with E-state index in [2.05, 4.69) is 56.1 Å². The molecule has 0 aromatic carbocycles. The van der Waals surface area contributed by atoms with Crippen LogP contribution in [0.25, 0.3) is 0 Å². The third kappa shape index (κ3) is 7.98. The van der Waals surface area contributed by atoms with E-state index < -0.39 is 0 Å². The standard InChI is InChI=1S/C24H36BClN6O/c1-10-20(12-19(26)14-30(7)8)32-16-31(17(3)4)24(29-23(25)18(32)5)21(13-27-6)22(11-2)28-15-33-9/h10,12-14,17,25H,1,5-6,11,15-16H2,2-4,7-9H3/b19-14+,20-12+,21-13+,28-22-. The number of hydrogen-bond acceptors (Lipinski definition) is 7. The first-order valence-corrected chi connectivity index (χ1v) is 11.1. The zero-order chi connectivity index (χ0) is 25.1. The average molecular weight is 471 g/mol. The van der Waals surface area contributed by atoms with Gasteiger partial charge in [0, 0.05) is 0 Å². The van der Waals surface area contributed by atoms with Crippen LogP contribution in [0.15, 0.2) is 74.7 Å². The summed E-state index contributed by atoms with van der Waals surface area (Å²) in [5.74, 6) is 0.695. The van der Waals surface area contributed by atoms with Crippen molar-refractivity contribution in [2.45, 2.75) is 33.2 Å². The molecule has 0 aromatic heterocycles. The number of nitrogens with zero attached hydrogens (tertiary/aromatic N) is 6. The van der Waals surface area contributed by atoms with Crippen LogP contribution < -0.4 is 0 Å². The van der Waals surface area contributed by atoms with Crippen LogP contribution in [0.4, 0.5) is 0 Å². The Kier molecular flexibility index (Phi) is 11.8. The first-order chi connectivity index (χ1) is 15.6. The molecule has 1 heterocycles. The Labute approximate surface area is 205 Å². The van der Waals surface area contributed by atoms with E-state index in [0.717, 1.165) is 17.0 Å². The van der Waals surface area contributed by atoms with Gasteiger partial charge in [-0.2, -0.15) is 0 Å². The zero-order valence-electron chi connectivity index (χ0n) is 20.8. The second-order valence-electron chi connectivity index (χ2n) is 7.81. The molecule has 0 bridgehead atoms. The van der Waals surface area contributed by atoms with E-state index in [9.17, 15) is 0 Å². The molecule has 0 atom stereocenters. The molecule has 33 heavy (non-hydrogen) atoms. The minimum absolute atomic E-state index is 0.0950. The van der Waals surface area contributed by atoms with Gasteiger partial charge in [-0.15, -0.1) is 0 Å². The zero-order valence-corrected chi connectivity index (χ0v) is 21.6. The second-order valence-corrected chi connectivity index (χ2v) is 8.25. The molecule has 9 heteroatoms. The van der Waals surface area contributed by atoms with Gasteiger partial charge in [-0.1, -0.05) is 0 Å². The van der Waals surface area contributed by atoms with Crippen molar-refractivity contribution in [1.82, 2.24) is 14.7 Å². The maximum absolute atomic E-state index is 6.44. The van der Waals surface area contributed by atoms with E-state index in [1.54, 1.807) is 19.4 Å². The molecule has 0 aromatic rings. The van der Waals surface area contributed by atoms with E-state index in [0.29, 0.717) is 35.2 Å². The van der Waals surface area contributed by atoms with Crippen LogP contribution in [0, 0.1) is 0 Å². The Morgan fingerprint density at radius 1 is 1.39 bits per heavy atom. The number of methoxy groups -OCH3 is 1. The van der Waals surface area contributed by atoms with Crippen LogP contribution >= 0.6 is 11.6 Å². The fourth-order valence-electron chi connectivity index (χ4n) is 3.13. The predicted octanol–water partition coefficient (Wildman–Crippen LogP) is 3.66. The van der Waals surface area contributed by atoms with Crippen molar-refractivity contribution in [3.8, 4) is 0 Å². The van der Waals surface area contributed by atoms with Gasteiger partial charge in [0.05, 0.1) is 0 Å². The molecule has 1 aliphatic rings. The fraction of sp³-hybridized carbons (Fsp3) is 0.417. The molecule has 1 aliphatic heterocycles. The van der Waals surface area contributed by atoms with Crippen molar-refractivity contribution in [2.24, 2.45) is 15.0 Å². The van der Waals surface area contributed by atoms with Gasteiger partial charge in [0.1, 0.15) is 0 Å². The van der Waals surface area contributed by atoms with Crippen molar-refractivity contribution in [1.29, 1.82) is 0 Å². The van der Waals surface area contributed by atoms with Crippen LogP contribution in [0.3, 0.4) is 0 Å². The summed E-state index contributed by atoms with van der Waals surface area (Å²) in [7, 11) is 9.61. The normalized spacial score (nSPS) is 16.8. The summed E-state index contributed by atoms with van der Waals surface area (Å²) < 4.78 is 5.16. The molecule has 178 valence electrons. The van der Waals surface area contributed by atoms with Gasteiger partial charge >= 0.3 is 205 Å². The fourth-order valence-corrected chi connectivity index (χ4v) is 3.44. The van der Waals surface area contributed by atoms with Gasteiger partial charge in [0.2, 0.25) is 0 Å². The number of allylic oxidation sites excluding steroid dienone is 3. The summed E-state index contributed by atoms with van der Waals surface area (Å²) >= 11 is 6.44. The Hall–Kier alpha value is -2.71. The molecule has 0 spiro atoms. The molecule has 0 fully saturated rings. The SMILES string of the molecule is B=C1N=C(C(=C/N=C)/C(CC)=N\COC)N(C(C)C)CN(/C(C=C)=C/C(Cl)=C\N(C)C)C1=C. The molecule has 0 saturated carbocycles. The quantitative estimate of drug-likeness (QED) is 0.263. The minimum atomic E-state index is 0.0950. The number of ether oxygens (including phenoxy) is 1. The monoisotopic (exact) mass is 470 g/mol. The molecule has 7 nitrogen and oxygen atoms in total. The number of halogens is 1. The van der Waals surface area contributed by atoms with Gasteiger partial charge in [0.25, 0.3) is 0 Å². The summed E-state index contributed by atoms with van der Waals surface area (Å²) in [4.78, 5) is 19.5. The topological polar surface area (TPSA) is 56.0 Å². The summed E-state index contributed by atoms with van der Waals surface area (Å²) in [6, 6.07) is 0.0950. The molecule has 1 rings (SSSR count). The van der Waals surface area contributed by atoms with Gasteiger partial charge < -0.3 is 0 Å². The molecular formula is C24H36BClN6O. The molecular weight excluding hydrogens is 435 g/mol. The van der Waals surface area contributed by atoms with Crippen LogP contribution in [0.1, 0.15) is 27.2 Å². The maximum atomic E-state index is 6.44. The first-order valence-electron chi connectivity index (χ1n) is 10.7. The van der Waals surface area contributed by atoms with E-state index in [-0.39, 0.29) is 12.8 Å². The van der Waals surface area contributed by atoms with E-state index in [1.807, 2.05) is 43.1 Å². The van der Waals surface area contributed by atoms with Crippen LogP contribution in [-0.4, -0.2) is 86.7 Å². The molecule has 0 unspecified atom stereocenters. The number of hydrogen-bond donors (Lipinski definition) is 0. The van der Waals surface area contributed by atoms with Crippen molar-refractivity contribution < 1.29 is 4.74 Å². The number of amidine groups is 1. The summed E-state index contributed by atoms with van der Waals surface area (Å²) in [6.45, 7) is 18.8. The summed E-state index contributed by atoms with van der Waals surface area (Å²) in [6.07, 6.45) is 7.76.